The van der Waals surface area contributed by atoms with Gasteiger partial charge in [-0.05, 0) is 59.1 Å². The highest BCUT2D eigenvalue weighted by atomic mass is 79.9. The van der Waals surface area contributed by atoms with E-state index in [9.17, 15) is 27.2 Å². The molecule has 31 heavy (non-hydrogen) atoms. The number of methoxy groups -OCH3 is 1. The molecule has 2 aromatic rings. The molecule has 1 saturated carbocycles. The largest absolute Gasteiger partial charge is 0.469 e. The van der Waals surface area contributed by atoms with Crippen molar-refractivity contribution in [3.8, 4) is 0 Å². The van der Waals surface area contributed by atoms with E-state index in [-0.39, 0.29) is 11.6 Å². The van der Waals surface area contributed by atoms with E-state index in [0.29, 0.717) is 37.1 Å². The summed E-state index contributed by atoms with van der Waals surface area (Å²) in [4.78, 5) is 29.8. The zero-order valence-electron chi connectivity index (χ0n) is 16.4. The Balaban J connectivity index is 1.86. The first kappa shape index (κ1) is 23.2. The first-order valence-electron chi connectivity index (χ1n) is 9.48. The van der Waals surface area contributed by atoms with Crippen molar-refractivity contribution in [2.45, 2.75) is 31.4 Å². The highest BCUT2D eigenvalue weighted by Gasteiger charge is 2.44. The van der Waals surface area contributed by atoms with Crippen molar-refractivity contribution in [1.29, 1.82) is 0 Å². The summed E-state index contributed by atoms with van der Waals surface area (Å²) in [6.07, 6.45) is -1.55. The fraction of sp³-hybridized carbons (Fsp3) is 0.381. The summed E-state index contributed by atoms with van der Waals surface area (Å²) in [5.74, 6) is -4.55. The average Bonchev–Trinajstić information content (AvgIpc) is 2.73. The van der Waals surface area contributed by atoms with Crippen LogP contribution in [0.4, 0.5) is 23.2 Å². The zero-order valence-corrected chi connectivity index (χ0v) is 18.0. The summed E-state index contributed by atoms with van der Waals surface area (Å²) in [6, 6.07) is 5.40. The van der Waals surface area contributed by atoms with E-state index in [2.05, 4.69) is 26.2 Å². The van der Waals surface area contributed by atoms with Gasteiger partial charge in [0.15, 0.2) is 0 Å². The molecule has 1 aromatic carbocycles. The maximum atomic E-state index is 14.2. The molecule has 0 spiro atoms. The van der Waals surface area contributed by atoms with Gasteiger partial charge >= 0.3 is 12.1 Å². The molecule has 5 nitrogen and oxygen atoms in total. The Morgan fingerprint density at radius 3 is 2.52 bits per heavy atom. The average molecular weight is 503 g/mol. The third-order valence-corrected chi connectivity index (χ3v) is 5.86. The Bertz CT molecular complexity index is 966. The molecule has 1 aromatic heterocycles. The lowest BCUT2D eigenvalue weighted by Gasteiger charge is -2.35. The number of nitrogens with one attached hydrogen (secondary N) is 1. The number of benzene rings is 1. The number of carbonyl (C=O) groups excluding carboxylic acids is 2. The van der Waals surface area contributed by atoms with Gasteiger partial charge in [-0.3, -0.25) is 14.6 Å². The number of rotatable bonds is 4. The number of anilines is 1. The Morgan fingerprint density at radius 2 is 1.94 bits per heavy atom. The first-order chi connectivity index (χ1) is 14.6. The number of amides is 1. The molecular formula is C21H19BrF4N2O3. The van der Waals surface area contributed by atoms with Gasteiger partial charge in [-0.1, -0.05) is 6.42 Å². The second-order valence-electron chi connectivity index (χ2n) is 7.28. The van der Waals surface area contributed by atoms with Crippen LogP contribution in [0.25, 0.3) is 0 Å². The number of hydrogen-bond donors (Lipinski definition) is 1. The van der Waals surface area contributed by atoms with Crippen molar-refractivity contribution in [2.75, 3.05) is 12.4 Å². The summed E-state index contributed by atoms with van der Waals surface area (Å²) in [5, 5.41) is 2.33. The van der Waals surface area contributed by atoms with E-state index < -0.39 is 41.3 Å². The summed E-state index contributed by atoms with van der Waals surface area (Å²) >= 11 is 3.30. The molecule has 10 heteroatoms. The van der Waals surface area contributed by atoms with E-state index >= 15 is 0 Å². The summed E-state index contributed by atoms with van der Waals surface area (Å²) in [7, 11) is 1.22. The van der Waals surface area contributed by atoms with Crippen LogP contribution in [0.3, 0.4) is 0 Å². The van der Waals surface area contributed by atoms with Crippen LogP contribution < -0.4 is 5.32 Å². The summed E-state index contributed by atoms with van der Waals surface area (Å²) in [6.45, 7) is 0. The molecule has 0 saturated heterocycles. The van der Waals surface area contributed by atoms with Crippen LogP contribution in [-0.4, -0.2) is 24.0 Å². The second-order valence-corrected chi connectivity index (χ2v) is 8.19. The lowest BCUT2D eigenvalue weighted by Crippen LogP contribution is -2.41. The normalized spacial score (nSPS) is 21.4. The third-order valence-electron chi connectivity index (χ3n) is 5.39. The topological polar surface area (TPSA) is 68.3 Å². The number of aromatic nitrogens is 1. The fourth-order valence-corrected chi connectivity index (χ4v) is 4.15. The van der Waals surface area contributed by atoms with Crippen molar-refractivity contribution in [1.82, 2.24) is 4.98 Å². The van der Waals surface area contributed by atoms with E-state index in [0.717, 1.165) is 10.5 Å². The van der Waals surface area contributed by atoms with Gasteiger partial charge in [-0.15, -0.1) is 0 Å². The SMILES string of the molecule is COC(=O)[C@@H]1[C@@H](c2ccc(Br)cn2)CCC[C@H]1C(=O)Nc1ccc(C(F)(F)F)cc1F. The molecule has 166 valence electrons. The highest BCUT2D eigenvalue weighted by molar-refractivity contribution is 9.10. The van der Waals surface area contributed by atoms with Crippen LogP contribution >= 0.6 is 15.9 Å². The molecule has 0 aliphatic heterocycles. The molecule has 3 rings (SSSR count). The van der Waals surface area contributed by atoms with Gasteiger partial charge in [-0.2, -0.15) is 13.2 Å². The number of nitrogens with zero attached hydrogens (tertiary/aromatic N) is 1. The van der Waals surface area contributed by atoms with Gasteiger partial charge in [0.05, 0.1) is 30.2 Å². The van der Waals surface area contributed by atoms with Crippen LogP contribution in [0.15, 0.2) is 41.0 Å². The third kappa shape index (κ3) is 5.23. The quantitative estimate of drug-likeness (QED) is 0.454. The Kier molecular flexibility index (Phi) is 6.98. The minimum atomic E-state index is -4.70. The number of carbonyl (C=O) groups is 2. The lowest BCUT2D eigenvalue weighted by atomic mass is 9.70. The molecule has 1 heterocycles. The fourth-order valence-electron chi connectivity index (χ4n) is 3.91. The minimum Gasteiger partial charge on any atom is -0.469 e. The predicted octanol–water partition coefficient (Wildman–Crippen LogP) is 5.31. The van der Waals surface area contributed by atoms with E-state index in [1.54, 1.807) is 18.3 Å². The predicted molar refractivity (Wildman–Crippen MR) is 108 cm³/mol. The van der Waals surface area contributed by atoms with Crippen LogP contribution in [0.5, 0.6) is 0 Å². The smallest absolute Gasteiger partial charge is 0.416 e. The lowest BCUT2D eigenvalue weighted by molar-refractivity contribution is -0.152. The van der Waals surface area contributed by atoms with Crippen molar-refractivity contribution >= 4 is 33.5 Å². The van der Waals surface area contributed by atoms with E-state index in [1.165, 1.54) is 7.11 Å². The second kappa shape index (κ2) is 9.33. The number of alkyl halides is 3. The van der Waals surface area contributed by atoms with Crippen LogP contribution in [0.2, 0.25) is 0 Å². The van der Waals surface area contributed by atoms with Crippen molar-refractivity contribution in [2.24, 2.45) is 11.8 Å². The van der Waals surface area contributed by atoms with Crippen LogP contribution in [-0.2, 0) is 20.5 Å². The van der Waals surface area contributed by atoms with Crippen LogP contribution in [0, 0.1) is 17.7 Å². The van der Waals surface area contributed by atoms with Crippen molar-refractivity contribution < 1.29 is 31.9 Å². The van der Waals surface area contributed by atoms with Gasteiger partial charge in [0.1, 0.15) is 5.82 Å². The molecule has 1 amide bonds. The van der Waals surface area contributed by atoms with Gasteiger partial charge in [0.2, 0.25) is 5.91 Å². The molecule has 1 aliphatic carbocycles. The highest BCUT2D eigenvalue weighted by Crippen LogP contribution is 2.42. The molecule has 3 atom stereocenters. The molecular weight excluding hydrogens is 484 g/mol. The summed E-state index contributed by atoms with van der Waals surface area (Å²) < 4.78 is 58.1. The Hall–Kier alpha value is -2.49. The number of hydrogen-bond acceptors (Lipinski definition) is 4. The molecule has 1 aliphatic rings. The number of esters is 1. The maximum absolute atomic E-state index is 14.2. The monoisotopic (exact) mass is 502 g/mol. The van der Waals surface area contributed by atoms with E-state index in [1.807, 2.05) is 0 Å². The number of halogens is 5. The molecule has 1 fully saturated rings. The van der Waals surface area contributed by atoms with Gasteiger partial charge in [0.25, 0.3) is 0 Å². The van der Waals surface area contributed by atoms with Gasteiger partial charge < -0.3 is 10.1 Å². The number of ether oxygens (including phenoxy) is 1. The van der Waals surface area contributed by atoms with Crippen molar-refractivity contribution in [3.05, 3.63) is 58.1 Å². The maximum Gasteiger partial charge on any atom is 0.416 e. The Labute approximate surface area is 184 Å². The molecule has 0 unspecified atom stereocenters. The molecule has 0 bridgehead atoms. The van der Waals surface area contributed by atoms with Crippen molar-refractivity contribution in [3.63, 3.8) is 0 Å². The van der Waals surface area contributed by atoms with E-state index in [4.69, 9.17) is 4.74 Å². The molecule has 1 N–H and O–H groups in total. The molecule has 0 radical (unpaired) electrons. The standard InChI is InChI=1S/C21H19BrF4N2O3/c1-31-20(30)18-13(16-8-6-12(22)10-27-16)3-2-4-14(18)19(29)28-17-7-5-11(9-15(17)23)21(24,25)26/h5-10,13-14,18H,2-4H2,1H3,(H,28,29)/t13-,14-,18-/m1/s1. The Morgan fingerprint density at radius 1 is 1.19 bits per heavy atom. The zero-order chi connectivity index (χ0) is 22.8. The minimum absolute atomic E-state index is 0.322. The number of pyridine rings is 1. The van der Waals surface area contributed by atoms with Gasteiger partial charge in [0, 0.05) is 22.3 Å². The van der Waals surface area contributed by atoms with Gasteiger partial charge in [-0.25, -0.2) is 4.39 Å². The van der Waals surface area contributed by atoms with Crippen LogP contribution in [0.1, 0.15) is 36.4 Å². The summed E-state index contributed by atoms with van der Waals surface area (Å²) in [5.41, 5.74) is -0.920. The first-order valence-corrected chi connectivity index (χ1v) is 10.3.